The molecule has 3 unspecified atom stereocenters. The van der Waals surface area contributed by atoms with Crippen molar-refractivity contribution >= 4 is 0 Å². The summed E-state index contributed by atoms with van der Waals surface area (Å²) in [6, 6.07) is 7.05. The predicted molar refractivity (Wildman–Crippen MR) is 82.5 cm³/mol. The molecule has 3 rings (SSSR count). The van der Waals surface area contributed by atoms with Gasteiger partial charge in [0.25, 0.3) is 0 Å². The van der Waals surface area contributed by atoms with E-state index < -0.39 is 0 Å². The van der Waals surface area contributed by atoms with Gasteiger partial charge in [-0.3, -0.25) is 4.90 Å². The average molecular weight is 302 g/mol. The zero-order valence-corrected chi connectivity index (χ0v) is 12.8. The monoisotopic (exact) mass is 302 g/mol. The van der Waals surface area contributed by atoms with E-state index in [4.69, 9.17) is 5.26 Å². The second-order valence-electron chi connectivity index (χ2n) is 6.61. The highest BCUT2D eigenvalue weighted by Gasteiger charge is 2.36. The van der Waals surface area contributed by atoms with Crippen molar-refractivity contribution < 1.29 is 9.50 Å². The van der Waals surface area contributed by atoms with Crippen LogP contribution in [0.4, 0.5) is 4.39 Å². The van der Waals surface area contributed by atoms with Crippen molar-refractivity contribution in [2.75, 3.05) is 6.54 Å². The van der Waals surface area contributed by atoms with Crippen molar-refractivity contribution in [2.45, 2.75) is 57.2 Å². The summed E-state index contributed by atoms with van der Waals surface area (Å²) in [5.41, 5.74) is 1.01. The van der Waals surface area contributed by atoms with E-state index in [9.17, 15) is 9.50 Å². The second-order valence-corrected chi connectivity index (χ2v) is 6.61. The minimum atomic E-state index is -0.297. The minimum absolute atomic E-state index is 0.204. The highest BCUT2D eigenvalue weighted by atomic mass is 19.1. The lowest BCUT2D eigenvalue weighted by molar-refractivity contribution is 0.0199. The van der Waals surface area contributed by atoms with Crippen LogP contribution in [0, 0.1) is 23.1 Å². The van der Waals surface area contributed by atoms with Gasteiger partial charge in [-0.05, 0) is 44.4 Å². The average Bonchev–Trinajstić information content (AvgIpc) is 2.98. The van der Waals surface area contributed by atoms with Gasteiger partial charge >= 0.3 is 0 Å². The first-order chi connectivity index (χ1) is 10.7. The maximum atomic E-state index is 14.1. The van der Waals surface area contributed by atoms with E-state index >= 15 is 0 Å². The van der Waals surface area contributed by atoms with Gasteiger partial charge < -0.3 is 5.11 Å². The largest absolute Gasteiger partial charge is 0.393 e. The lowest BCUT2D eigenvalue weighted by atomic mass is 9.80. The number of rotatable bonds is 3. The zero-order chi connectivity index (χ0) is 15.5. The van der Waals surface area contributed by atoms with E-state index in [0.29, 0.717) is 29.6 Å². The van der Waals surface area contributed by atoms with Crippen molar-refractivity contribution in [1.82, 2.24) is 4.90 Å². The number of halogens is 1. The van der Waals surface area contributed by atoms with Gasteiger partial charge in [0, 0.05) is 24.1 Å². The van der Waals surface area contributed by atoms with E-state index in [1.54, 1.807) is 12.1 Å². The van der Waals surface area contributed by atoms with E-state index in [2.05, 4.69) is 4.90 Å². The molecule has 3 nitrogen and oxygen atoms in total. The Hall–Kier alpha value is -1.44. The Morgan fingerprint density at radius 3 is 2.77 bits per heavy atom. The van der Waals surface area contributed by atoms with Gasteiger partial charge in [-0.25, -0.2) is 4.39 Å². The molecule has 1 aromatic carbocycles. The Balaban J connectivity index is 1.72. The van der Waals surface area contributed by atoms with Crippen LogP contribution in [0.25, 0.3) is 0 Å². The zero-order valence-electron chi connectivity index (χ0n) is 12.8. The quantitative estimate of drug-likeness (QED) is 0.932. The molecule has 1 aliphatic carbocycles. The maximum absolute atomic E-state index is 14.1. The van der Waals surface area contributed by atoms with Gasteiger partial charge in [0.2, 0.25) is 0 Å². The molecule has 2 aliphatic rings. The summed E-state index contributed by atoms with van der Waals surface area (Å²) in [7, 11) is 0. The standard InChI is InChI=1S/C18H23FN2O/c19-16-10-13(11-20)7-8-14(16)12-21-9-3-5-17(21)15-4-1-2-6-18(15)22/h7-8,10,15,17-18,22H,1-6,9,12H2. The predicted octanol–water partition coefficient (Wildman–Crippen LogP) is 3.21. The molecule has 0 bridgehead atoms. The van der Waals surface area contributed by atoms with Gasteiger partial charge in [-0.15, -0.1) is 0 Å². The number of aliphatic hydroxyl groups excluding tert-OH is 1. The van der Waals surface area contributed by atoms with Gasteiger partial charge in [0.15, 0.2) is 0 Å². The summed E-state index contributed by atoms with van der Waals surface area (Å²) in [5.74, 6) is 0.0339. The Kier molecular flexibility index (Phi) is 4.75. The highest BCUT2D eigenvalue weighted by Crippen LogP contribution is 2.35. The molecule has 1 aliphatic heterocycles. The van der Waals surface area contributed by atoms with Crippen LogP contribution in [0.5, 0.6) is 0 Å². The van der Waals surface area contributed by atoms with Crippen molar-refractivity contribution in [3.05, 3.63) is 35.1 Å². The first-order valence-electron chi connectivity index (χ1n) is 8.29. The van der Waals surface area contributed by atoms with E-state index in [0.717, 1.165) is 38.6 Å². The molecule has 3 atom stereocenters. The molecule has 1 heterocycles. The van der Waals surface area contributed by atoms with Gasteiger partial charge in [-0.1, -0.05) is 18.9 Å². The first-order valence-corrected chi connectivity index (χ1v) is 8.29. The number of nitrogens with zero attached hydrogens (tertiary/aromatic N) is 2. The van der Waals surface area contributed by atoms with Crippen LogP contribution in [-0.2, 0) is 6.54 Å². The fraction of sp³-hybridized carbons (Fsp3) is 0.611. The Morgan fingerprint density at radius 2 is 2.05 bits per heavy atom. The van der Waals surface area contributed by atoms with Gasteiger partial charge in [0.05, 0.1) is 17.7 Å². The third kappa shape index (κ3) is 3.16. The van der Waals surface area contributed by atoms with Crippen LogP contribution < -0.4 is 0 Å². The first kappa shape index (κ1) is 15.5. The molecular formula is C18H23FN2O. The molecule has 1 N–H and O–H groups in total. The van der Waals surface area contributed by atoms with Crippen LogP contribution in [0.15, 0.2) is 18.2 Å². The van der Waals surface area contributed by atoms with E-state index in [-0.39, 0.29) is 11.9 Å². The topological polar surface area (TPSA) is 47.3 Å². The number of hydrogen-bond donors (Lipinski definition) is 1. The maximum Gasteiger partial charge on any atom is 0.129 e. The summed E-state index contributed by atoms with van der Waals surface area (Å²) in [5, 5.41) is 19.1. The van der Waals surface area contributed by atoms with Crippen molar-refractivity contribution in [2.24, 2.45) is 5.92 Å². The minimum Gasteiger partial charge on any atom is -0.393 e. The molecule has 2 fully saturated rings. The molecular weight excluding hydrogens is 279 g/mol. The number of benzene rings is 1. The van der Waals surface area contributed by atoms with Crippen molar-refractivity contribution in [1.29, 1.82) is 5.26 Å². The van der Waals surface area contributed by atoms with Crippen LogP contribution in [0.3, 0.4) is 0 Å². The smallest absolute Gasteiger partial charge is 0.129 e. The fourth-order valence-corrected chi connectivity index (χ4v) is 4.09. The van der Waals surface area contributed by atoms with Crippen LogP contribution >= 0.6 is 0 Å². The Morgan fingerprint density at radius 1 is 1.23 bits per heavy atom. The Bertz CT molecular complexity index is 569. The lowest BCUT2D eigenvalue weighted by Crippen LogP contribution is -2.42. The number of hydrogen-bond acceptors (Lipinski definition) is 3. The number of aliphatic hydroxyl groups is 1. The number of likely N-dealkylation sites (tertiary alicyclic amines) is 1. The fourth-order valence-electron chi connectivity index (χ4n) is 4.09. The van der Waals surface area contributed by atoms with Crippen LogP contribution in [0.2, 0.25) is 0 Å². The summed E-state index contributed by atoms with van der Waals surface area (Å²) in [4.78, 5) is 2.32. The third-order valence-electron chi connectivity index (χ3n) is 5.25. The second kappa shape index (κ2) is 6.76. The van der Waals surface area contributed by atoms with E-state index in [1.807, 2.05) is 6.07 Å². The van der Waals surface area contributed by atoms with Gasteiger partial charge in [0.1, 0.15) is 5.82 Å². The molecule has 1 saturated carbocycles. The molecule has 1 aromatic rings. The lowest BCUT2D eigenvalue weighted by Gasteiger charge is -2.37. The Labute approximate surface area is 131 Å². The molecule has 1 saturated heterocycles. The van der Waals surface area contributed by atoms with Crippen LogP contribution in [0.1, 0.15) is 49.7 Å². The normalized spacial score (nSPS) is 29.4. The van der Waals surface area contributed by atoms with Gasteiger partial charge in [-0.2, -0.15) is 5.26 Å². The third-order valence-corrected chi connectivity index (χ3v) is 5.25. The van der Waals surface area contributed by atoms with Crippen LogP contribution in [-0.4, -0.2) is 28.7 Å². The van der Waals surface area contributed by atoms with Crippen molar-refractivity contribution in [3.8, 4) is 6.07 Å². The summed E-state index contributed by atoms with van der Waals surface area (Å²) >= 11 is 0. The summed E-state index contributed by atoms with van der Waals surface area (Å²) < 4.78 is 14.1. The molecule has 118 valence electrons. The highest BCUT2D eigenvalue weighted by molar-refractivity contribution is 5.32. The number of nitriles is 1. The van der Waals surface area contributed by atoms with Crippen molar-refractivity contribution in [3.63, 3.8) is 0 Å². The summed E-state index contributed by atoms with van der Waals surface area (Å²) in [6.45, 7) is 1.54. The molecule has 4 heteroatoms. The van der Waals surface area contributed by atoms with E-state index in [1.165, 1.54) is 12.5 Å². The molecule has 0 spiro atoms. The molecule has 0 radical (unpaired) electrons. The molecule has 0 amide bonds. The molecule has 0 aromatic heterocycles. The summed E-state index contributed by atoms with van der Waals surface area (Å²) in [6.07, 6.45) is 6.31. The molecule has 22 heavy (non-hydrogen) atoms. The SMILES string of the molecule is N#Cc1ccc(CN2CCCC2C2CCCCC2O)c(F)c1.